The fraction of sp³-hybridized carbons (Fsp3) is 0.429. The van der Waals surface area contributed by atoms with Crippen molar-refractivity contribution in [3.63, 3.8) is 0 Å². The van der Waals surface area contributed by atoms with Crippen molar-refractivity contribution < 1.29 is 9.53 Å². The highest BCUT2D eigenvalue weighted by Crippen LogP contribution is 2.25. The zero-order chi connectivity index (χ0) is 25.2. The summed E-state index contributed by atoms with van der Waals surface area (Å²) in [6.07, 6.45) is 6.07. The Morgan fingerprint density at radius 3 is 2.56 bits per heavy atom. The van der Waals surface area contributed by atoms with Crippen molar-refractivity contribution in [2.75, 3.05) is 50.1 Å². The van der Waals surface area contributed by atoms with Crippen LogP contribution in [0.25, 0.3) is 11.5 Å². The second kappa shape index (κ2) is 13.0. The Balaban J connectivity index is 1.58. The number of hydrogen-bond acceptors (Lipinski definition) is 8. The maximum Gasteiger partial charge on any atom is 0.307 e. The lowest BCUT2D eigenvalue weighted by atomic mass is 10.0. The fourth-order valence-corrected chi connectivity index (χ4v) is 4.45. The smallest absolute Gasteiger partial charge is 0.307 e. The van der Waals surface area contributed by atoms with Crippen molar-refractivity contribution >= 4 is 17.6 Å². The van der Waals surface area contributed by atoms with Gasteiger partial charge in [-0.25, -0.2) is 9.97 Å². The second-order valence-corrected chi connectivity index (χ2v) is 8.93. The van der Waals surface area contributed by atoms with Crippen molar-refractivity contribution in [3.05, 3.63) is 65.4 Å². The third kappa shape index (κ3) is 7.01. The molecule has 0 aliphatic carbocycles. The number of rotatable bonds is 11. The van der Waals surface area contributed by atoms with Gasteiger partial charge in [0.05, 0.1) is 13.0 Å². The molecule has 3 heterocycles. The summed E-state index contributed by atoms with van der Waals surface area (Å²) in [7, 11) is 1.97. The van der Waals surface area contributed by atoms with Gasteiger partial charge < -0.3 is 20.3 Å². The van der Waals surface area contributed by atoms with Crippen molar-refractivity contribution in [1.82, 2.24) is 20.3 Å². The van der Waals surface area contributed by atoms with Crippen LogP contribution >= 0.6 is 0 Å². The highest BCUT2D eigenvalue weighted by atomic mass is 16.5. The van der Waals surface area contributed by atoms with Gasteiger partial charge in [0, 0.05) is 31.9 Å². The summed E-state index contributed by atoms with van der Waals surface area (Å²) in [4.78, 5) is 28.4. The summed E-state index contributed by atoms with van der Waals surface area (Å²) >= 11 is 0. The molecule has 0 radical (unpaired) electrons. The van der Waals surface area contributed by atoms with E-state index < -0.39 is 0 Å². The number of carbonyl (C=O) groups is 1. The first kappa shape index (κ1) is 25.6. The predicted molar refractivity (Wildman–Crippen MR) is 143 cm³/mol. The Morgan fingerprint density at radius 1 is 1.06 bits per heavy atom. The predicted octanol–water partition coefficient (Wildman–Crippen LogP) is 3.66. The van der Waals surface area contributed by atoms with E-state index in [0.717, 1.165) is 56.8 Å². The summed E-state index contributed by atoms with van der Waals surface area (Å²) in [5.74, 6) is 1.92. The van der Waals surface area contributed by atoms with Crippen LogP contribution in [0.2, 0.25) is 0 Å². The van der Waals surface area contributed by atoms with Crippen LogP contribution in [-0.4, -0.2) is 60.8 Å². The molecule has 0 saturated carbocycles. The summed E-state index contributed by atoms with van der Waals surface area (Å²) in [6.45, 7) is 5.37. The molecule has 0 spiro atoms. The van der Waals surface area contributed by atoms with E-state index in [-0.39, 0.29) is 12.4 Å². The average molecular weight is 489 g/mol. The largest absolute Gasteiger partial charge is 0.466 e. The van der Waals surface area contributed by atoms with E-state index in [4.69, 9.17) is 14.7 Å². The molecule has 0 fully saturated rings. The topological polar surface area (TPSA) is 92.3 Å². The Morgan fingerprint density at radius 2 is 1.83 bits per heavy atom. The number of fused-ring (bicyclic) bond motifs is 1. The number of aromatic nitrogens is 3. The zero-order valence-corrected chi connectivity index (χ0v) is 21.3. The fourth-order valence-electron chi connectivity index (χ4n) is 4.45. The molecule has 1 aliphatic heterocycles. The van der Waals surface area contributed by atoms with Gasteiger partial charge in [-0.05, 0) is 75.0 Å². The molecule has 0 unspecified atom stereocenters. The highest BCUT2D eigenvalue weighted by Gasteiger charge is 2.18. The van der Waals surface area contributed by atoms with E-state index in [1.165, 1.54) is 16.7 Å². The normalized spacial score (nSPS) is 13.1. The number of carbonyl (C=O) groups excluding carboxylic acids is 1. The number of anilines is 2. The van der Waals surface area contributed by atoms with Crippen molar-refractivity contribution in [1.29, 1.82) is 0 Å². The summed E-state index contributed by atoms with van der Waals surface area (Å²) in [6, 6.07) is 14.8. The number of pyridine rings is 1. The molecular weight excluding hydrogens is 452 g/mol. The van der Waals surface area contributed by atoms with E-state index in [2.05, 4.69) is 50.8 Å². The van der Waals surface area contributed by atoms with Gasteiger partial charge in [0.2, 0.25) is 0 Å². The van der Waals surface area contributed by atoms with E-state index >= 15 is 0 Å². The molecule has 36 heavy (non-hydrogen) atoms. The number of ether oxygens (including phenoxy) is 1. The molecule has 0 amide bonds. The van der Waals surface area contributed by atoms with Crippen LogP contribution in [0, 0.1) is 0 Å². The van der Waals surface area contributed by atoms with Crippen LogP contribution in [-0.2, 0) is 28.8 Å². The minimum absolute atomic E-state index is 0.222. The van der Waals surface area contributed by atoms with E-state index in [9.17, 15) is 4.79 Å². The van der Waals surface area contributed by atoms with E-state index in [0.29, 0.717) is 24.8 Å². The van der Waals surface area contributed by atoms with Crippen LogP contribution in [0.15, 0.2) is 48.7 Å². The van der Waals surface area contributed by atoms with Crippen molar-refractivity contribution in [2.45, 2.75) is 39.0 Å². The molecular formula is C28H36N6O2. The van der Waals surface area contributed by atoms with Gasteiger partial charge >= 0.3 is 5.97 Å². The number of nitrogens with one attached hydrogen (secondary N) is 2. The lowest BCUT2D eigenvalue weighted by Crippen LogP contribution is -2.27. The molecule has 1 aliphatic rings. The maximum absolute atomic E-state index is 11.8. The van der Waals surface area contributed by atoms with Crippen molar-refractivity contribution in [2.24, 2.45) is 0 Å². The minimum atomic E-state index is -0.222. The summed E-state index contributed by atoms with van der Waals surface area (Å²) in [5, 5.41) is 6.49. The molecule has 3 aromatic rings. The minimum Gasteiger partial charge on any atom is -0.466 e. The summed E-state index contributed by atoms with van der Waals surface area (Å²) in [5.41, 5.74) is 4.77. The van der Waals surface area contributed by atoms with Gasteiger partial charge in [0.25, 0.3) is 0 Å². The first-order valence-electron chi connectivity index (χ1n) is 12.9. The zero-order valence-electron chi connectivity index (χ0n) is 21.3. The quantitative estimate of drug-likeness (QED) is 0.312. The number of hydrogen-bond donors (Lipinski definition) is 2. The SMILES string of the molecule is CCOC(=O)CCNc1cc(N2CCc3ccccc3CC2)nc(-c2cc(CCCNC)ccn2)n1. The molecule has 8 nitrogen and oxygen atoms in total. The van der Waals surface area contributed by atoms with Gasteiger partial charge in [0.1, 0.15) is 17.3 Å². The first-order valence-corrected chi connectivity index (χ1v) is 12.9. The molecule has 2 aromatic heterocycles. The summed E-state index contributed by atoms with van der Waals surface area (Å²) < 4.78 is 5.06. The Labute approximate surface area is 213 Å². The lowest BCUT2D eigenvalue weighted by Gasteiger charge is -2.22. The first-order chi connectivity index (χ1) is 17.7. The Hall–Kier alpha value is -3.52. The molecule has 190 valence electrons. The lowest BCUT2D eigenvalue weighted by molar-refractivity contribution is -0.142. The molecule has 4 rings (SSSR count). The molecule has 0 bridgehead atoms. The van der Waals surface area contributed by atoms with Crippen LogP contribution < -0.4 is 15.5 Å². The standard InChI is InChI=1S/C28H36N6O2/c1-3-36-27(35)11-16-31-25-20-26(34-17-12-22-8-4-5-9-23(22)13-18-34)33-28(32-25)24-19-21(10-15-30-24)7-6-14-29-2/h4-5,8-10,15,19-20,29H,3,6-7,11-14,16-18H2,1-2H3,(H,31,32,33). The molecule has 2 N–H and O–H groups in total. The van der Waals surface area contributed by atoms with Crippen LogP contribution in [0.3, 0.4) is 0 Å². The third-order valence-electron chi connectivity index (χ3n) is 6.34. The van der Waals surface area contributed by atoms with E-state index in [1.54, 1.807) is 0 Å². The van der Waals surface area contributed by atoms with Gasteiger partial charge in [0.15, 0.2) is 5.82 Å². The van der Waals surface area contributed by atoms with Crippen LogP contribution in [0.4, 0.5) is 11.6 Å². The van der Waals surface area contributed by atoms with Gasteiger partial charge in [-0.3, -0.25) is 9.78 Å². The number of aryl methyl sites for hydroxylation is 1. The van der Waals surface area contributed by atoms with Crippen LogP contribution in [0.5, 0.6) is 0 Å². The Kier molecular flexibility index (Phi) is 9.21. The van der Waals surface area contributed by atoms with Gasteiger partial charge in [-0.2, -0.15) is 0 Å². The van der Waals surface area contributed by atoms with Gasteiger partial charge in [-0.15, -0.1) is 0 Å². The molecule has 0 saturated heterocycles. The van der Waals surface area contributed by atoms with E-state index in [1.807, 2.05) is 32.3 Å². The molecule has 1 aromatic carbocycles. The number of benzene rings is 1. The van der Waals surface area contributed by atoms with Crippen LogP contribution in [0.1, 0.15) is 36.5 Å². The van der Waals surface area contributed by atoms with Gasteiger partial charge in [-0.1, -0.05) is 24.3 Å². The number of esters is 1. The number of nitrogens with zero attached hydrogens (tertiary/aromatic N) is 4. The third-order valence-corrected chi connectivity index (χ3v) is 6.34. The second-order valence-electron chi connectivity index (χ2n) is 8.93. The van der Waals surface area contributed by atoms with Crippen molar-refractivity contribution in [3.8, 4) is 11.5 Å². The average Bonchev–Trinajstić information content (AvgIpc) is 3.12. The maximum atomic E-state index is 11.8. The molecule has 8 heteroatoms. The monoisotopic (exact) mass is 488 g/mol. The Bertz CT molecular complexity index is 1130. The molecule has 0 atom stereocenters. The highest BCUT2D eigenvalue weighted by molar-refractivity contribution is 5.70.